The predicted octanol–water partition coefficient (Wildman–Crippen LogP) is 5.57. The maximum atomic E-state index is 13.2. The first-order chi connectivity index (χ1) is 13.5. The number of aromatic nitrogens is 1. The summed E-state index contributed by atoms with van der Waals surface area (Å²) in [6.07, 6.45) is 0. The van der Waals surface area contributed by atoms with E-state index in [4.69, 9.17) is 0 Å². The number of hydrogen-bond donors (Lipinski definition) is 0. The fraction of sp³-hybridized carbons (Fsp3) is 0.0952. The Labute approximate surface area is 170 Å². The second kappa shape index (κ2) is 7.69. The van der Waals surface area contributed by atoms with E-state index in [1.54, 1.807) is 19.2 Å². The third-order valence-corrected chi connectivity index (χ3v) is 6.32. The van der Waals surface area contributed by atoms with E-state index in [1.165, 1.54) is 40.1 Å². The molecule has 1 aliphatic rings. The molecule has 1 fully saturated rings. The highest BCUT2D eigenvalue weighted by Crippen LogP contribution is 2.37. The van der Waals surface area contributed by atoms with Crippen molar-refractivity contribution in [3.8, 4) is 11.3 Å². The van der Waals surface area contributed by atoms with E-state index in [2.05, 4.69) is 9.98 Å². The number of allylic oxidation sites excluding steroid dienone is 1. The first-order valence-electron chi connectivity index (χ1n) is 8.55. The zero-order chi connectivity index (χ0) is 19.7. The lowest BCUT2D eigenvalue weighted by Crippen LogP contribution is -2.23. The number of thioether (sulfide) groups is 1. The molecule has 4 nitrogen and oxygen atoms in total. The number of aliphatic imine (C=N–C) groups is 1. The van der Waals surface area contributed by atoms with Crippen LogP contribution in [0, 0.1) is 5.82 Å². The standard InChI is InChI=1S/C21H16FN3OS2/c1-13(14-8-10-16(22)11-9-14)18-19(26)25(2)21(28-18)24-20-23-17(12-27-20)15-6-4-3-5-7-15/h3-12H,1-2H3/b18-13-,24-21+. The van der Waals surface area contributed by atoms with Crippen LogP contribution in [0.25, 0.3) is 16.8 Å². The van der Waals surface area contributed by atoms with Gasteiger partial charge in [0.1, 0.15) is 5.82 Å². The summed E-state index contributed by atoms with van der Waals surface area (Å²) in [6.45, 7) is 1.86. The summed E-state index contributed by atoms with van der Waals surface area (Å²) in [5.41, 5.74) is 3.50. The Bertz CT molecular complexity index is 1090. The number of thiazole rings is 1. The summed E-state index contributed by atoms with van der Waals surface area (Å²) in [7, 11) is 1.70. The van der Waals surface area contributed by atoms with Crippen molar-refractivity contribution in [3.05, 3.63) is 76.3 Å². The van der Waals surface area contributed by atoms with Gasteiger partial charge in [-0.05, 0) is 42.0 Å². The van der Waals surface area contributed by atoms with Gasteiger partial charge >= 0.3 is 0 Å². The lowest BCUT2D eigenvalue weighted by Gasteiger charge is -2.06. The summed E-state index contributed by atoms with van der Waals surface area (Å²) >= 11 is 2.75. The highest BCUT2D eigenvalue weighted by molar-refractivity contribution is 8.18. The molecule has 1 saturated heterocycles. The molecule has 1 aliphatic heterocycles. The number of nitrogens with zero attached hydrogens (tertiary/aromatic N) is 3. The average Bonchev–Trinajstić information content (AvgIpc) is 3.29. The molecule has 7 heteroatoms. The van der Waals surface area contributed by atoms with Crippen LogP contribution in [0.5, 0.6) is 0 Å². The van der Waals surface area contributed by atoms with Gasteiger partial charge in [0, 0.05) is 18.0 Å². The number of halogens is 1. The molecule has 4 rings (SSSR count). The van der Waals surface area contributed by atoms with Gasteiger partial charge in [0.05, 0.1) is 10.6 Å². The maximum Gasteiger partial charge on any atom is 0.266 e. The van der Waals surface area contributed by atoms with Crippen LogP contribution < -0.4 is 0 Å². The van der Waals surface area contributed by atoms with E-state index < -0.39 is 0 Å². The lowest BCUT2D eigenvalue weighted by atomic mass is 10.1. The van der Waals surface area contributed by atoms with Crippen LogP contribution >= 0.6 is 23.1 Å². The monoisotopic (exact) mass is 409 g/mol. The quantitative estimate of drug-likeness (QED) is 0.531. The number of rotatable bonds is 3. The maximum absolute atomic E-state index is 13.2. The van der Waals surface area contributed by atoms with Gasteiger partial charge in [0.25, 0.3) is 5.91 Å². The molecule has 0 saturated carbocycles. The van der Waals surface area contributed by atoms with E-state index in [0.29, 0.717) is 15.2 Å². The van der Waals surface area contributed by atoms with Gasteiger partial charge in [-0.15, -0.1) is 11.3 Å². The Morgan fingerprint density at radius 2 is 1.82 bits per heavy atom. The van der Waals surface area contributed by atoms with Crippen LogP contribution in [0.1, 0.15) is 12.5 Å². The summed E-state index contributed by atoms with van der Waals surface area (Å²) in [5.74, 6) is -0.422. The van der Waals surface area contributed by atoms with E-state index in [1.807, 2.05) is 42.6 Å². The Morgan fingerprint density at radius 1 is 1.11 bits per heavy atom. The molecule has 0 aliphatic carbocycles. The summed E-state index contributed by atoms with van der Waals surface area (Å²) in [4.78, 5) is 23.9. The first-order valence-corrected chi connectivity index (χ1v) is 10.2. The van der Waals surface area contributed by atoms with Crippen LogP contribution in [-0.4, -0.2) is 28.0 Å². The molecule has 0 bridgehead atoms. The van der Waals surface area contributed by atoms with Crippen molar-refractivity contribution in [1.29, 1.82) is 0 Å². The van der Waals surface area contributed by atoms with Crippen molar-refractivity contribution in [3.63, 3.8) is 0 Å². The summed E-state index contributed by atoms with van der Waals surface area (Å²) in [5, 5.41) is 3.13. The van der Waals surface area contributed by atoms with Crippen LogP contribution in [0.3, 0.4) is 0 Å². The minimum Gasteiger partial charge on any atom is -0.289 e. The zero-order valence-electron chi connectivity index (χ0n) is 15.2. The smallest absolute Gasteiger partial charge is 0.266 e. The number of carbonyl (C=O) groups is 1. The Hall–Kier alpha value is -2.77. The molecule has 0 spiro atoms. The number of benzene rings is 2. The molecule has 0 atom stereocenters. The van der Waals surface area contributed by atoms with Gasteiger partial charge in [-0.25, -0.2) is 9.37 Å². The van der Waals surface area contributed by atoms with Crippen molar-refractivity contribution in [1.82, 2.24) is 9.88 Å². The molecule has 1 amide bonds. The third-order valence-electron chi connectivity index (χ3n) is 4.35. The largest absolute Gasteiger partial charge is 0.289 e. The minimum absolute atomic E-state index is 0.120. The van der Waals surface area contributed by atoms with E-state index in [9.17, 15) is 9.18 Å². The molecule has 28 heavy (non-hydrogen) atoms. The molecule has 2 heterocycles. The fourth-order valence-electron chi connectivity index (χ4n) is 2.75. The Morgan fingerprint density at radius 3 is 2.54 bits per heavy atom. The second-order valence-corrected chi connectivity index (χ2v) is 8.02. The Kier molecular flexibility index (Phi) is 5.11. The first kappa shape index (κ1) is 18.6. The molecule has 0 N–H and O–H groups in total. The van der Waals surface area contributed by atoms with Crippen LogP contribution in [-0.2, 0) is 4.79 Å². The highest BCUT2D eigenvalue weighted by Gasteiger charge is 2.32. The molecule has 2 aromatic carbocycles. The highest BCUT2D eigenvalue weighted by atomic mass is 32.2. The van der Waals surface area contributed by atoms with Crippen molar-refractivity contribution in [2.45, 2.75) is 6.92 Å². The van der Waals surface area contributed by atoms with Gasteiger partial charge in [0.15, 0.2) is 5.17 Å². The van der Waals surface area contributed by atoms with Gasteiger partial charge in [0.2, 0.25) is 5.13 Å². The van der Waals surface area contributed by atoms with Gasteiger partial charge in [-0.3, -0.25) is 9.69 Å². The molecule has 0 unspecified atom stereocenters. The number of amidine groups is 1. The van der Waals surface area contributed by atoms with Gasteiger partial charge < -0.3 is 0 Å². The van der Waals surface area contributed by atoms with Crippen molar-refractivity contribution < 1.29 is 9.18 Å². The normalized spacial score (nSPS) is 17.5. The molecule has 0 radical (unpaired) electrons. The van der Waals surface area contributed by atoms with Crippen LogP contribution in [0.4, 0.5) is 9.52 Å². The van der Waals surface area contributed by atoms with E-state index in [0.717, 1.165) is 22.4 Å². The summed E-state index contributed by atoms with van der Waals surface area (Å²) < 4.78 is 13.2. The molecule has 1 aromatic heterocycles. The second-order valence-electron chi connectivity index (χ2n) is 6.20. The van der Waals surface area contributed by atoms with E-state index >= 15 is 0 Å². The van der Waals surface area contributed by atoms with Crippen LogP contribution in [0.15, 0.2) is 69.9 Å². The minimum atomic E-state index is -0.302. The molecular formula is C21H16FN3OS2. The number of carbonyl (C=O) groups excluding carboxylic acids is 1. The lowest BCUT2D eigenvalue weighted by molar-refractivity contribution is -0.121. The van der Waals surface area contributed by atoms with Gasteiger partial charge in [-0.2, -0.15) is 4.99 Å². The molecule has 140 valence electrons. The van der Waals surface area contributed by atoms with Crippen LogP contribution in [0.2, 0.25) is 0 Å². The number of hydrogen-bond acceptors (Lipinski definition) is 5. The summed E-state index contributed by atoms with van der Waals surface area (Å²) in [6, 6.07) is 16.0. The Balaban J connectivity index is 1.63. The topological polar surface area (TPSA) is 45.6 Å². The van der Waals surface area contributed by atoms with Gasteiger partial charge in [-0.1, -0.05) is 42.5 Å². The van der Waals surface area contributed by atoms with Crippen molar-refractivity contribution in [2.75, 3.05) is 7.05 Å². The third kappa shape index (κ3) is 3.63. The SMILES string of the molecule is C/C(=C1/S/C(=N/c2nc(-c3ccccc3)cs2)N(C)C1=O)c1ccc(F)cc1. The predicted molar refractivity (Wildman–Crippen MR) is 114 cm³/mol. The van der Waals surface area contributed by atoms with E-state index in [-0.39, 0.29) is 11.7 Å². The number of amides is 1. The molecular weight excluding hydrogens is 393 g/mol. The fourth-order valence-corrected chi connectivity index (χ4v) is 4.53. The average molecular weight is 410 g/mol. The van der Waals surface area contributed by atoms with Crippen molar-refractivity contribution >= 4 is 44.9 Å². The number of likely N-dealkylation sites (N-methyl/N-ethyl adjacent to an activating group) is 1. The zero-order valence-corrected chi connectivity index (χ0v) is 16.9. The van der Waals surface area contributed by atoms with Crippen molar-refractivity contribution in [2.24, 2.45) is 4.99 Å². The molecule has 3 aromatic rings.